The summed E-state index contributed by atoms with van der Waals surface area (Å²) in [6, 6.07) is 9.60. The number of rotatable bonds is 5. The fraction of sp³-hybridized carbons (Fsp3) is 0.182. The standard InChI is InChI=1S/C22H23FN2O3S/c1-14-6-8-22(20(23)10-14)28-21-9-7-18(24-29(5,26)27)12-19(21)17-11-15(2)16(3)25(4)13-17/h6-13,24H,3H2,1-2,4-5H3. The minimum Gasteiger partial charge on any atom is -0.454 e. The van der Waals surface area contributed by atoms with E-state index >= 15 is 0 Å². The first kappa shape index (κ1) is 20.7. The van der Waals surface area contributed by atoms with Crippen LogP contribution in [0.3, 0.4) is 0 Å². The van der Waals surface area contributed by atoms with Crippen LogP contribution in [-0.2, 0) is 10.0 Å². The molecule has 1 N–H and O–H groups in total. The maximum Gasteiger partial charge on any atom is 0.229 e. The van der Waals surface area contributed by atoms with Crippen LogP contribution >= 0.6 is 0 Å². The van der Waals surface area contributed by atoms with Crippen molar-refractivity contribution < 1.29 is 17.5 Å². The van der Waals surface area contributed by atoms with Crippen LogP contribution in [0.5, 0.6) is 11.5 Å². The summed E-state index contributed by atoms with van der Waals surface area (Å²) < 4.78 is 46.0. The smallest absolute Gasteiger partial charge is 0.229 e. The Morgan fingerprint density at radius 1 is 1.10 bits per heavy atom. The number of ether oxygens (including phenoxy) is 1. The molecule has 0 saturated heterocycles. The number of aryl methyl sites for hydroxylation is 1. The fourth-order valence-electron chi connectivity index (χ4n) is 3.00. The monoisotopic (exact) mass is 414 g/mol. The Balaban J connectivity index is 2.10. The van der Waals surface area contributed by atoms with Gasteiger partial charge in [-0.2, -0.15) is 0 Å². The first-order valence-corrected chi connectivity index (χ1v) is 10.8. The number of allylic oxidation sites excluding steroid dienone is 3. The lowest BCUT2D eigenvalue weighted by Crippen LogP contribution is -2.15. The summed E-state index contributed by atoms with van der Waals surface area (Å²) in [5.41, 5.74) is 4.40. The Kier molecular flexibility index (Phi) is 5.53. The Bertz CT molecular complexity index is 1150. The third-order valence-corrected chi connectivity index (χ3v) is 5.09. The van der Waals surface area contributed by atoms with Crippen LogP contribution in [0.25, 0.3) is 5.57 Å². The van der Waals surface area contributed by atoms with Gasteiger partial charge in [-0.1, -0.05) is 12.6 Å². The summed E-state index contributed by atoms with van der Waals surface area (Å²) >= 11 is 0. The number of likely N-dealkylation sites (N-methyl/N-ethyl adjacent to an activating group) is 1. The van der Waals surface area contributed by atoms with Crippen molar-refractivity contribution >= 4 is 21.3 Å². The molecule has 0 bridgehead atoms. The molecule has 1 aliphatic rings. The number of benzene rings is 2. The summed E-state index contributed by atoms with van der Waals surface area (Å²) in [7, 11) is -1.58. The number of nitrogens with zero attached hydrogens (tertiary/aromatic N) is 1. The van der Waals surface area contributed by atoms with E-state index in [1.807, 2.05) is 31.1 Å². The highest BCUT2D eigenvalue weighted by molar-refractivity contribution is 7.92. The van der Waals surface area contributed by atoms with Gasteiger partial charge >= 0.3 is 0 Å². The first-order valence-electron chi connectivity index (χ1n) is 8.92. The summed E-state index contributed by atoms with van der Waals surface area (Å²) in [6.07, 6.45) is 4.88. The number of nitrogens with one attached hydrogen (secondary N) is 1. The number of halogens is 1. The number of anilines is 1. The average Bonchev–Trinajstić information content (AvgIpc) is 2.61. The van der Waals surface area contributed by atoms with E-state index in [2.05, 4.69) is 11.3 Å². The summed E-state index contributed by atoms with van der Waals surface area (Å²) in [4.78, 5) is 1.87. The van der Waals surface area contributed by atoms with Gasteiger partial charge in [0.15, 0.2) is 11.6 Å². The molecule has 3 rings (SSSR count). The maximum atomic E-state index is 14.3. The third-order valence-electron chi connectivity index (χ3n) is 4.49. The summed E-state index contributed by atoms with van der Waals surface area (Å²) in [5.74, 6) is 0.0303. The van der Waals surface area contributed by atoms with Gasteiger partial charge in [-0.3, -0.25) is 4.72 Å². The number of sulfonamides is 1. The SMILES string of the molecule is C=C1C(C)=CC(c2cc(NS(C)(=O)=O)ccc2Oc2ccc(C)cc2F)=CN1C. The van der Waals surface area contributed by atoms with Crippen molar-refractivity contribution in [3.63, 3.8) is 0 Å². The molecular weight excluding hydrogens is 391 g/mol. The zero-order valence-corrected chi connectivity index (χ0v) is 17.6. The topological polar surface area (TPSA) is 58.6 Å². The molecule has 0 spiro atoms. The van der Waals surface area contributed by atoms with Gasteiger partial charge in [0.2, 0.25) is 10.0 Å². The van der Waals surface area contributed by atoms with E-state index in [-0.39, 0.29) is 5.75 Å². The van der Waals surface area contributed by atoms with Crippen molar-refractivity contribution in [3.8, 4) is 11.5 Å². The van der Waals surface area contributed by atoms with Crippen LogP contribution in [0.15, 0.2) is 66.5 Å². The molecule has 5 nitrogen and oxygen atoms in total. The quantitative estimate of drug-likeness (QED) is 0.744. The molecule has 1 aliphatic heterocycles. The lowest BCUT2D eigenvalue weighted by molar-refractivity contribution is 0.441. The van der Waals surface area contributed by atoms with Crippen LogP contribution in [0, 0.1) is 12.7 Å². The van der Waals surface area contributed by atoms with E-state index in [1.165, 1.54) is 6.07 Å². The second kappa shape index (κ2) is 7.75. The van der Waals surface area contributed by atoms with E-state index in [9.17, 15) is 12.8 Å². The Morgan fingerprint density at radius 3 is 2.41 bits per heavy atom. The van der Waals surface area contributed by atoms with Gasteiger partial charge in [-0.25, -0.2) is 12.8 Å². The normalized spacial score (nSPS) is 14.4. The second-order valence-corrected chi connectivity index (χ2v) is 8.84. The molecule has 0 aliphatic carbocycles. The van der Waals surface area contributed by atoms with Crippen molar-refractivity contribution in [1.82, 2.24) is 4.90 Å². The van der Waals surface area contributed by atoms with Crippen molar-refractivity contribution in [3.05, 3.63) is 83.5 Å². The van der Waals surface area contributed by atoms with E-state index in [1.54, 1.807) is 37.3 Å². The Morgan fingerprint density at radius 2 is 1.79 bits per heavy atom. The number of hydrogen-bond acceptors (Lipinski definition) is 4. The van der Waals surface area contributed by atoms with Gasteiger partial charge in [0, 0.05) is 35.8 Å². The molecular formula is C22H23FN2O3S. The minimum atomic E-state index is -3.45. The van der Waals surface area contributed by atoms with Gasteiger partial charge in [-0.15, -0.1) is 0 Å². The van der Waals surface area contributed by atoms with Gasteiger partial charge in [0.05, 0.1) is 6.26 Å². The van der Waals surface area contributed by atoms with Gasteiger partial charge in [0.25, 0.3) is 0 Å². The molecule has 152 valence electrons. The lowest BCUT2D eigenvalue weighted by Gasteiger charge is -2.25. The molecule has 0 fully saturated rings. The number of hydrogen-bond donors (Lipinski definition) is 1. The molecule has 2 aromatic carbocycles. The molecule has 0 aromatic heterocycles. The Hall–Kier alpha value is -3.06. The molecule has 0 radical (unpaired) electrons. The molecule has 0 unspecified atom stereocenters. The van der Waals surface area contributed by atoms with Crippen molar-refractivity contribution in [1.29, 1.82) is 0 Å². The van der Waals surface area contributed by atoms with Crippen molar-refractivity contribution in [2.45, 2.75) is 13.8 Å². The van der Waals surface area contributed by atoms with E-state index in [0.717, 1.165) is 28.7 Å². The van der Waals surface area contributed by atoms with Crippen LogP contribution in [-0.4, -0.2) is 26.6 Å². The molecule has 29 heavy (non-hydrogen) atoms. The van der Waals surface area contributed by atoms with Crippen LogP contribution in [0.4, 0.5) is 10.1 Å². The molecule has 7 heteroatoms. The average molecular weight is 415 g/mol. The predicted molar refractivity (Wildman–Crippen MR) is 115 cm³/mol. The van der Waals surface area contributed by atoms with Crippen molar-refractivity contribution in [2.75, 3.05) is 18.0 Å². The maximum absolute atomic E-state index is 14.3. The Labute approximate surface area is 170 Å². The highest BCUT2D eigenvalue weighted by Crippen LogP contribution is 2.37. The van der Waals surface area contributed by atoms with Gasteiger partial charge < -0.3 is 9.64 Å². The van der Waals surface area contributed by atoms with Crippen LogP contribution in [0.1, 0.15) is 18.1 Å². The van der Waals surface area contributed by atoms with Crippen molar-refractivity contribution in [2.24, 2.45) is 0 Å². The largest absolute Gasteiger partial charge is 0.454 e. The summed E-state index contributed by atoms with van der Waals surface area (Å²) in [6.45, 7) is 7.75. The van der Waals surface area contributed by atoms with E-state index in [4.69, 9.17) is 4.74 Å². The minimum absolute atomic E-state index is 0.0931. The van der Waals surface area contributed by atoms with E-state index in [0.29, 0.717) is 17.0 Å². The second-order valence-electron chi connectivity index (χ2n) is 7.09. The predicted octanol–water partition coefficient (Wildman–Crippen LogP) is 5.04. The van der Waals surface area contributed by atoms with E-state index < -0.39 is 15.8 Å². The first-order chi connectivity index (χ1) is 13.5. The lowest BCUT2D eigenvalue weighted by atomic mass is 9.98. The molecule has 0 saturated carbocycles. The zero-order chi connectivity index (χ0) is 21.3. The van der Waals surface area contributed by atoms with Gasteiger partial charge in [0.1, 0.15) is 5.75 Å². The molecule has 0 amide bonds. The summed E-state index contributed by atoms with van der Waals surface area (Å²) in [5, 5.41) is 0. The van der Waals surface area contributed by atoms with Gasteiger partial charge in [-0.05, 0) is 61.4 Å². The zero-order valence-electron chi connectivity index (χ0n) is 16.8. The van der Waals surface area contributed by atoms with Crippen LogP contribution < -0.4 is 9.46 Å². The molecule has 0 atom stereocenters. The third kappa shape index (κ3) is 4.86. The fourth-order valence-corrected chi connectivity index (χ4v) is 3.55. The highest BCUT2D eigenvalue weighted by atomic mass is 32.2. The molecule has 2 aromatic rings. The van der Waals surface area contributed by atoms with Crippen LogP contribution in [0.2, 0.25) is 0 Å². The molecule has 1 heterocycles. The highest BCUT2D eigenvalue weighted by Gasteiger charge is 2.18.